The fourth-order valence-electron chi connectivity index (χ4n) is 4.17. The molecule has 1 aromatic heterocycles. The summed E-state index contributed by atoms with van der Waals surface area (Å²) in [6, 6.07) is 18.5. The fraction of sp³-hybridized carbons (Fsp3) is 0.391. The summed E-state index contributed by atoms with van der Waals surface area (Å²) in [5.41, 5.74) is 4.21. The summed E-state index contributed by atoms with van der Waals surface area (Å²) in [7, 11) is 0. The molecule has 4 rings (SSSR count). The normalized spacial score (nSPS) is 15.2. The van der Waals surface area contributed by atoms with Crippen molar-refractivity contribution in [1.29, 1.82) is 5.26 Å². The van der Waals surface area contributed by atoms with E-state index in [2.05, 4.69) is 47.0 Å². The lowest BCUT2D eigenvalue weighted by atomic mass is 9.86. The first-order chi connectivity index (χ1) is 12.8. The zero-order valence-corrected chi connectivity index (χ0v) is 15.2. The standard InChI is InChI=1S/C23H25N3/c24-16-19-10-12-20(13-11-19)17-26-22-9-5-4-8-21(22)25-23(26)15-14-18-6-2-1-3-7-18/h4-5,8-13,18H,1-3,6-7,14-15,17H2. The average molecular weight is 343 g/mol. The molecule has 1 fully saturated rings. The Bertz CT molecular complexity index is 909. The molecule has 1 saturated carbocycles. The van der Waals surface area contributed by atoms with Gasteiger partial charge in [-0.15, -0.1) is 0 Å². The van der Waals surface area contributed by atoms with Gasteiger partial charge in [-0.3, -0.25) is 0 Å². The van der Waals surface area contributed by atoms with E-state index in [1.54, 1.807) is 0 Å². The molecule has 0 aliphatic heterocycles. The third-order valence-corrected chi connectivity index (χ3v) is 5.66. The second-order valence-corrected chi connectivity index (χ2v) is 7.45. The van der Waals surface area contributed by atoms with Crippen LogP contribution in [-0.4, -0.2) is 9.55 Å². The number of fused-ring (bicyclic) bond motifs is 1. The number of nitriles is 1. The molecule has 0 saturated heterocycles. The van der Waals surface area contributed by atoms with Crippen molar-refractivity contribution in [3.63, 3.8) is 0 Å². The highest BCUT2D eigenvalue weighted by molar-refractivity contribution is 5.76. The Morgan fingerprint density at radius 3 is 2.54 bits per heavy atom. The lowest BCUT2D eigenvalue weighted by Gasteiger charge is -2.21. The van der Waals surface area contributed by atoms with E-state index in [9.17, 15) is 0 Å². The highest BCUT2D eigenvalue weighted by Crippen LogP contribution is 2.28. The smallest absolute Gasteiger partial charge is 0.110 e. The summed E-state index contributed by atoms with van der Waals surface area (Å²) in [5.74, 6) is 2.06. The van der Waals surface area contributed by atoms with E-state index in [1.165, 1.54) is 55.4 Å². The van der Waals surface area contributed by atoms with E-state index in [-0.39, 0.29) is 0 Å². The predicted octanol–water partition coefficient (Wildman–Crippen LogP) is 5.47. The van der Waals surface area contributed by atoms with Crippen LogP contribution in [-0.2, 0) is 13.0 Å². The second kappa shape index (κ2) is 7.74. The highest BCUT2D eigenvalue weighted by Gasteiger charge is 2.16. The zero-order valence-electron chi connectivity index (χ0n) is 15.2. The zero-order chi connectivity index (χ0) is 17.8. The summed E-state index contributed by atoms with van der Waals surface area (Å²) in [6.45, 7) is 0.812. The summed E-state index contributed by atoms with van der Waals surface area (Å²) < 4.78 is 2.36. The lowest BCUT2D eigenvalue weighted by molar-refractivity contribution is 0.336. The van der Waals surface area contributed by atoms with Gasteiger partial charge in [0.05, 0.1) is 22.7 Å². The monoisotopic (exact) mass is 343 g/mol. The number of nitrogens with zero attached hydrogens (tertiary/aromatic N) is 3. The second-order valence-electron chi connectivity index (χ2n) is 7.45. The Hall–Kier alpha value is -2.60. The van der Waals surface area contributed by atoms with E-state index in [1.807, 2.05) is 12.1 Å². The number of aryl methyl sites for hydroxylation is 1. The molecule has 132 valence electrons. The largest absolute Gasteiger partial charge is 0.323 e. The molecular weight excluding hydrogens is 318 g/mol. The van der Waals surface area contributed by atoms with Crippen LogP contribution in [0.3, 0.4) is 0 Å². The minimum absolute atomic E-state index is 0.710. The van der Waals surface area contributed by atoms with Gasteiger partial charge in [-0.1, -0.05) is 56.4 Å². The van der Waals surface area contributed by atoms with Crippen LogP contribution in [0.1, 0.15) is 55.5 Å². The molecule has 3 heteroatoms. The molecule has 3 nitrogen and oxygen atoms in total. The van der Waals surface area contributed by atoms with Gasteiger partial charge in [-0.2, -0.15) is 5.26 Å². The molecule has 0 amide bonds. The SMILES string of the molecule is N#Cc1ccc(Cn2c(CCC3CCCCC3)nc3ccccc32)cc1. The Labute approximate surface area is 155 Å². The molecule has 0 atom stereocenters. The van der Waals surface area contributed by atoms with E-state index in [0.717, 1.165) is 24.4 Å². The van der Waals surface area contributed by atoms with Crippen molar-refractivity contribution in [1.82, 2.24) is 9.55 Å². The number of hydrogen-bond acceptors (Lipinski definition) is 2. The topological polar surface area (TPSA) is 41.6 Å². The van der Waals surface area contributed by atoms with Gasteiger partial charge >= 0.3 is 0 Å². The van der Waals surface area contributed by atoms with E-state index in [4.69, 9.17) is 10.2 Å². The lowest BCUT2D eigenvalue weighted by Crippen LogP contribution is -2.11. The fourth-order valence-corrected chi connectivity index (χ4v) is 4.17. The first-order valence-electron chi connectivity index (χ1n) is 9.76. The Morgan fingerprint density at radius 2 is 1.77 bits per heavy atom. The number of para-hydroxylation sites is 2. The van der Waals surface area contributed by atoms with Gasteiger partial charge in [0.1, 0.15) is 5.82 Å². The van der Waals surface area contributed by atoms with Gasteiger partial charge in [-0.05, 0) is 42.2 Å². The number of benzene rings is 2. The Morgan fingerprint density at radius 1 is 1.00 bits per heavy atom. The van der Waals surface area contributed by atoms with Gasteiger partial charge in [0.25, 0.3) is 0 Å². The van der Waals surface area contributed by atoms with Crippen molar-refractivity contribution in [3.8, 4) is 6.07 Å². The van der Waals surface area contributed by atoms with Crippen LogP contribution in [0.2, 0.25) is 0 Å². The van der Waals surface area contributed by atoms with E-state index < -0.39 is 0 Å². The molecule has 0 spiro atoms. The van der Waals surface area contributed by atoms with Gasteiger partial charge in [0, 0.05) is 13.0 Å². The molecule has 1 aliphatic rings. The van der Waals surface area contributed by atoms with Crippen molar-refractivity contribution in [2.45, 2.75) is 51.5 Å². The van der Waals surface area contributed by atoms with E-state index in [0.29, 0.717) is 5.56 Å². The third kappa shape index (κ3) is 3.65. The highest BCUT2D eigenvalue weighted by atomic mass is 15.1. The number of imidazole rings is 1. The number of rotatable bonds is 5. The Balaban J connectivity index is 1.59. The van der Waals surface area contributed by atoms with Crippen LogP contribution >= 0.6 is 0 Å². The van der Waals surface area contributed by atoms with Crippen LogP contribution in [0.25, 0.3) is 11.0 Å². The van der Waals surface area contributed by atoms with Crippen molar-refractivity contribution >= 4 is 11.0 Å². The predicted molar refractivity (Wildman–Crippen MR) is 105 cm³/mol. The van der Waals surface area contributed by atoms with Crippen LogP contribution < -0.4 is 0 Å². The molecule has 0 unspecified atom stereocenters. The van der Waals surface area contributed by atoms with Crippen LogP contribution in [0.5, 0.6) is 0 Å². The molecule has 3 aromatic rings. The average Bonchev–Trinajstić information content (AvgIpc) is 3.05. The molecule has 26 heavy (non-hydrogen) atoms. The minimum Gasteiger partial charge on any atom is -0.323 e. The molecule has 0 radical (unpaired) electrons. The molecular formula is C23H25N3. The maximum Gasteiger partial charge on any atom is 0.110 e. The van der Waals surface area contributed by atoms with Crippen molar-refractivity contribution in [2.24, 2.45) is 5.92 Å². The van der Waals surface area contributed by atoms with Gasteiger partial charge < -0.3 is 4.57 Å². The van der Waals surface area contributed by atoms with Crippen LogP contribution in [0.4, 0.5) is 0 Å². The summed E-state index contributed by atoms with van der Waals surface area (Å²) in [4.78, 5) is 4.94. The van der Waals surface area contributed by atoms with E-state index >= 15 is 0 Å². The first kappa shape index (κ1) is 16.8. The van der Waals surface area contributed by atoms with Gasteiger partial charge in [0.2, 0.25) is 0 Å². The minimum atomic E-state index is 0.710. The maximum absolute atomic E-state index is 9.00. The summed E-state index contributed by atoms with van der Waals surface area (Å²) in [6.07, 6.45) is 9.27. The third-order valence-electron chi connectivity index (χ3n) is 5.66. The summed E-state index contributed by atoms with van der Waals surface area (Å²) >= 11 is 0. The molecule has 2 aromatic carbocycles. The number of aromatic nitrogens is 2. The van der Waals surface area contributed by atoms with Gasteiger partial charge in [0.15, 0.2) is 0 Å². The molecule has 1 aliphatic carbocycles. The number of hydrogen-bond donors (Lipinski definition) is 0. The van der Waals surface area contributed by atoms with Crippen molar-refractivity contribution in [3.05, 3.63) is 65.5 Å². The van der Waals surface area contributed by atoms with Crippen LogP contribution in [0.15, 0.2) is 48.5 Å². The molecule has 1 heterocycles. The molecule has 0 bridgehead atoms. The quantitative estimate of drug-likeness (QED) is 0.616. The first-order valence-corrected chi connectivity index (χ1v) is 9.76. The maximum atomic E-state index is 9.00. The van der Waals surface area contributed by atoms with Gasteiger partial charge in [-0.25, -0.2) is 4.98 Å². The van der Waals surface area contributed by atoms with Crippen molar-refractivity contribution < 1.29 is 0 Å². The Kier molecular flexibility index (Phi) is 5.02. The van der Waals surface area contributed by atoms with Crippen molar-refractivity contribution in [2.75, 3.05) is 0 Å². The van der Waals surface area contributed by atoms with Crippen LogP contribution in [0, 0.1) is 17.2 Å². The summed E-state index contributed by atoms with van der Waals surface area (Å²) in [5, 5.41) is 9.00. The molecule has 0 N–H and O–H groups in total.